The summed E-state index contributed by atoms with van der Waals surface area (Å²) in [4.78, 5) is 6.68. The van der Waals surface area contributed by atoms with Gasteiger partial charge in [-0.25, -0.2) is 18.1 Å². The normalized spacial score (nSPS) is 15.9. The molecule has 0 unspecified atom stereocenters. The van der Waals surface area contributed by atoms with E-state index in [0.29, 0.717) is 5.82 Å². The van der Waals surface area contributed by atoms with Crippen molar-refractivity contribution in [3.63, 3.8) is 0 Å². The number of benzene rings is 1. The van der Waals surface area contributed by atoms with E-state index in [1.807, 2.05) is 19.2 Å². The summed E-state index contributed by atoms with van der Waals surface area (Å²) in [6.45, 7) is 9.52. The van der Waals surface area contributed by atoms with E-state index in [-0.39, 0.29) is 4.90 Å². The molecule has 0 atom stereocenters. The van der Waals surface area contributed by atoms with Crippen molar-refractivity contribution in [3.8, 4) is 11.1 Å². The highest BCUT2D eigenvalue weighted by Crippen LogP contribution is 2.31. The molecule has 1 N–H and O–H groups in total. The van der Waals surface area contributed by atoms with Crippen molar-refractivity contribution in [1.29, 1.82) is 0 Å². The Bertz CT molecular complexity index is 940. The molecule has 0 amide bonds. The molecule has 0 bridgehead atoms. The highest BCUT2D eigenvalue weighted by molar-refractivity contribution is 7.90. The molecule has 3 rings (SSSR count). The second kappa shape index (κ2) is 7.43. The molecule has 0 spiro atoms. The summed E-state index contributed by atoms with van der Waals surface area (Å²) in [6.07, 6.45) is 4.81. The van der Waals surface area contributed by atoms with Crippen LogP contribution in [0.2, 0.25) is 0 Å². The van der Waals surface area contributed by atoms with Gasteiger partial charge in [0.2, 0.25) is 0 Å². The average Bonchev–Trinajstić information content (AvgIpc) is 3.04. The lowest BCUT2D eigenvalue weighted by Crippen LogP contribution is -2.42. The third-order valence-electron chi connectivity index (χ3n) is 4.42. The van der Waals surface area contributed by atoms with E-state index in [0.717, 1.165) is 43.0 Å². The van der Waals surface area contributed by atoms with Crippen molar-refractivity contribution in [2.24, 2.45) is 4.99 Å². The molecule has 0 radical (unpaired) electrons. The van der Waals surface area contributed by atoms with Gasteiger partial charge < -0.3 is 10.2 Å². The van der Waals surface area contributed by atoms with Crippen LogP contribution in [0.3, 0.4) is 0 Å². The first kappa shape index (κ1) is 18.3. The Morgan fingerprint density at radius 3 is 2.73 bits per heavy atom. The molecule has 0 aliphatic carbocycles. The quantitative estimate of drug-likeness (QED) is 0.811. The fourth-order valence-corrected chi connectivity index (χ4v) is 3.65. The minimum Gasteiger partial charge on any atom is -0.371 e. The standard InChI is InChI=1S/C18H23N5O2S/c1-14(22-9-7-20-8-10-22)13-23-18(19-2)17(12-21-23)15-5-4-6-16(11-15)26(3,24)25/h4-6,11-13,20H,2,7-10H2,1,3H3/b14-13+. The lowest BCUT2D eigenvalue weighted by Gasteiger charge is -2.29. The summed E-state index contributed by atoms with van der Waals surface area (Å²) >= 11 is 0. The van der Waals surface area contributed by atoms with Gasteiger partial charge in [0.15, 0.2) is 15.7 Å². The molecule has 26 heavy (non-hydrogen) atoms. The van der Waals surface area contributed by atoms with Gasteiger partial charge in [-0.1, -0.05) is 12.1 Å². The van der Waals surface area contributed by atoms with Crippen molar-refractivity contribution >= 4 is 28.6 Å². The monoisotopic (exact) mass is 373 g/mol. The van der Waals surface area contributed by atoms with E-state index in [2.05, 4.69) is 27.0 Å². The molecule has 0 saturated carbocycles. The molecule has 1 aliphatic rings. The van der Waals surface area contributed by atoms with E-state index in [9.17, 15) is 8.42 Å². The number of nitrogens with one attached hydrogen (secondary N) is 1. The zero-order chi connectivity index (χ0) is 18.7. The van der Waals surface area contributed by atoms with Crippen LogP contribution in [0.25, 0.3) is 17.3 Å². The Hall–Kier alpha value is -2.45. The highest BCUT2D eigenvalue weighted by Gasteiger charge is 2.15. The fraction of sp³-hybridized carbons (Fsp3) is 0.333. The summed E-state index contributed by atoms with van der Waals surface area (Å²) in [7, 11) is -3.28. The molecule has 2 aromatic rings. The van der Waals surface area contributed by atoms with E-state index >= 15 is 0 Å². The molecule has 1 fully saturated rings. The van der Waals surface area contributed by atoms with Crippen molar-refractivity contribution in [1.82, 2.24) is 20.0 Å². The van der Waals surface area contributed by atoms with Crippen molar-refractivity contribution in [3.05, 3.63) is 36.2 Å². The fourth-order valence-electron chi connectivity index (χ4n) is 2.98. The lowest BCUT2D eigenvalue weighted by molar-refractivity contribution is 0.301. The Kier molecular flexibility index (Phi) is 5.24. The third kappa shape index (κ3) is 3.86. The maximum Gasteiger partial charge on any atom is 0.175 e. The van der Waals surface area contributed by atoms with Crippen LogP contribution in [0, 0.1) is 0 Å². The first-order chi connectivity index (χ1) is 12.4. The number of rotatable bonds is 5. The van der Waals surface area contributed by atoms with Crippen LogP contribution < -0.4 is 5.32 Å². The molecule has 138 valence electrons. The minimum atomic E-state index is -3.28. The summed E-state index contributed by atoms with van der Waals surface area (Å²) < 4.78 is 25.3. The number of hydrogen-bond acceptors (Lipinski definition) is 6. The summed E-state index contributed by atoms with van der Waals surface area (Å²) in [5.41, 5.74) is 2.58. The van der Waals surface area contributed by atoms with Crippen LogP contribution in [0.5, 0.6) is 0 Å². The topological polar surface area (TPSA) is 79.6 Å². The molecule has 8 heteroatoms. The number of aromatic nitrogens is 2. The Morgan fingerprint density at radius 2 is 2.08 bits per heavy atom. The highest BCUT2D eigenvalue weighted by atomic mass is 32.2. The molecule has 1 aromatic heterocycles. The second-order valence-corrected chi connectivity index (χ2v) is 8.31. The Labute approximate surface area is 154 Å². The first-order valence-corrected chi connectivity index (χ1v) is 10.3. The molecular formula is C18H23N5O2S. The van der Waals surface area contributed by atoms with Crippen molar-refractivity contribution < 1.29 is 8.42 Å². The van der Waals surface area contributed by atoms with E-state index < -0.39 is 9.84 Å². The van der Waals surface area contributed by atoms with Gasteiger partial charge in [0.05, 0.1) is 11.1 Å². The van der Waals surface area contributed by atoms with Crippen LogP contribution in [-0.4, -0.2) is 62.3 Å². The molecule has 1 aliphatic heterocycles. The van der Waals surface area contributed by atoms with E-state index in [1.165, 1.54) is 6.26 Å². The predicted octanol–water partition coefficient (Wildman–Crippen LogP) is 2.01. The van der Waals surface area contributed by atoms with Crippen LogP contribution >= 0.6 is 0 Å². The number of nitrogens with zero attached hydrogens (tertiary/aromatic N) is 4. The first-order valence-electron chi connectivity index (χ1n) is 8.39. The number of aliphatic imine (C=N–C) groups is 1. The molecule has 2 heterocycles. The van der Waals surface area contributed by atoms with Gasteiger partial charge in [-0.3, -0.25) is 0 Å². The average molecular weight is 373 g/mol. The number of piperazine rings is 1. The summed E-state index contributed by atoms with van der Waals surface area (Å²) in [6, 6.07) is 6.78. The lowest BCUT2D eigenvalue weighted by atomic mass is 10.1. The smallest absolute Gasteiger partial charge is 0.175 e. The van der Waals surface area contributed by atoms with Crippen LogP contribution in [0.1, 0.15) is 6.92 Å². The molecule has 1 aromatic carbocycles. The van der Waals surface area contributed by atoms with Gasteiger partial charge >= 0.3 is 0 Å². The van der Waals surface area contributed by atoms with Crippen LogP contribution in [0.15, 0.2) is 46.0 Å². The van der Waals surface area contributed by atoms with Crippen LogP contribution in [0.4, 0.5) is 5.82 Å². The molecular weight excluding hydrogens is 350 g/mol. The third-order valence-corrected chi connectivity index (χ3v) is 5.53. The maximum absolute atomic E-state index is 11.8. The second-order valence-electron chi connectivity index (χ2n) is 6.29. The number of sulfone groups is 1. The van der Waals surface area contributed by atoms with Crippen molar-refractivity contribution in [2.75, 3.05) is 32.4 Å². The minimum absolute atomic E-state index is 0.269. The van der Waals surface area contributed by atoms with E-state index in [4.69, 9.17) is 0 Å². The predicted molar refractivity (Wildman–Crippen MR) is 104 cm³/mol. The molecule has 7 nitrogen and oxygen atoms in total. The largest absolute Gasteiger partial charge is 0.371 e. The summed E-state index contributed by atoms with van der Waals surface area (Å²) in [5.74, 6) is 0.588. The maximum atomic E-state index is 11.8. The van der Waals surface area contributed by atoms with Crippen LogP contribution in [-0.2, 0) is 9.84 Å². The van der Waals surface area contributed by atoms with Gasteiger partial charge in [0, 0.05) is 49.9 Å². The van der Waals surface area contributed by atoms with Gasteiger partial charge in [-0.2, -0.15) is 5.10 Å². The number of hydrogen-bond donors (Lipinski definition) is 1. The summed E-state index contributed by atoms with van der Waals surface area (Å²) in [5, 5.41) is 7.73. The Balaban J connectivity index is 1.97. The SMILES string of the molecule is C=Nc1c(-c2cccc(S(C)(=O)=O)c2)cnn1/C=C(\C)N1CCNCC1. The zero-order valence-corrected chi connectivity index (χ0v) is 15.8. The number of allylic oxidation sites excluding steroid dienone is 1. The van der Waals surface area contributed by atoms with Gasteiger partial charge in [0.1, 0.15) is 0 Å². The molecule has 1 saturated heterocycles. The van der Waals surface area contributed by atoms with Crippen molar-refractivity contribution in [2.45, 2.75) is 11.8 Å². The van der Waals surface area contributed by atoms with Gasteiger partial charge in [-0.05, 0) is 31.3 Å². The Morgan fingerprint density at radius 1 is 1.35 bits per heavy atom. The van der Waals surface area contributed by atoms with Gasteiger partial charge in [0.25, 0.3) is 0 Å². The van der Waals surface area contributed by atoms with E-state index in [1.54, 1.807) is 29.1 Å². The zero-order valence-electron chi connectivity index (χ0n) is 15.0. The van der Waals surface area contributed by atoms with Gasteiger partial charge in [-0.15, -0.1) is 0 Å².